The smallest absolute Gasteiger partial charge is 0.248 e. The quantitative estimate of drug-likeness (QED) is 0.810. The van der Waals surface area contributed by atoms with Gasteiger partial charge in [-0.05, 0) is 63.5 Å². The molecule has 2 N–H and O–H groups in total. The van der Waals surface area contributed by atoms with Crippen LogP contribution < -0.4 is 15.4 Å². The first-order chi connectivity index (χ1) is 12.2. The lowest BCUT2D eigenvalue weighted by molar-refractivity contribution is -0.132. The third-order valence-corrected chi connectivity index (χ3v) is 4.81. The highest BCUT2D eigenvalue weighted by Gasteiger charge is 2.42. The molecule has 0 spiro atoms. The van der Waals surface area contributed by atoms with Gasteiger partial charge in [0.05, 0.1) is 12.6 Å². The van der Waals surface area contributed by atoms with E-state index in [-0.39, 0.29) is 24.4 Å². The van der Waals surface area contributed by atoms with E-state index in [4.69, 9.17) is 4.74 Å². The van der Waals surface area contributed by atoms with Crippen molar-refractivity contribution in [3.05, 3.63) is 48.3 Å². The molecule has 6 nitrogen and oxygen atoms in total. The number of carbonyl (C=O) groups is 1. The van der Waals surface area contributed by atoms with E-state index in [0.717, 1.165) is 37.2 Å². The number of ether oxygens (including phenoxy) is 1. The largest absolute Gasteiger partial charge is 0.494 e. The Morgan fingerprint density at radius 1 is 1.38 bits per heavy atom. The summed E-state index contributed by atoms with van der Waals surface area (Å²) in [4.78, 5) is 13.2. The van der Waals surface area contributed by atoms with E-state index >= 15 is 0 Å². The Kier molecular flexibility index (Phi) is 7.06. The van der Waals surface area contributed by atoms with Gasteiger partial charge < -0.3 is 15.4 Å². The van der Waals surface area contributed by atoms with Crippen LogP contribution in [0, 0.1) is 0 Å². The molecule has 1 atom stereocenters. The first-order valence-electron chi connectivity index (χ1n) is 8.90. The molecule has 3 rings (SSSR count). The summed E-state index contributed by atoms with van der Waals surface area (Å²) in [7, 11) is 0. The molecule has 2 aromatic rings. The minimum atomic E-state index is -0.624. The predicted molar refractivity (Wildman–Crippen MR) is 104 cm³/mol. The van der Waals surface area contributed by atoms with E-state index in [1.165, 1.54) is 0 Å². The number of halogens is 1. The first kappa shape index (κ1) is 20.3. The molecule has 0 aliphatic carbocycles. The summed E-state index contributed by atoms with van der Waals surface area (Å²) < 4.78 is 7.37. The van der Waals surface area contributed by atoms with Crippen LogP contribution in [0.15, 0.2) is 42.7 Å². The molecule has 142 valence electrons. The maximum absolute atomic E-state index is 13.2. The Balaban J connectivity index is 0.00000243. The van der Waals surface area contributed by atoms with Gasteiger partial charge in [-0.2, -0.15) is 5.10 Å². The van der Waals surface area contributed by atoms with Crippen LogP contribution in [-0.4, -0.2) is 35.4 Å². The summed E-state index contributed by atoms with van der Waals surface area (Å²) in [5.41, 5.74) is 0.407. The van der Waals surface area contributed by atoms with E-state index in [1.807, 2.05) is 55.1 Å². The van der Waals surface area contributed by atoms with Crippen LogP contribution in [0.4, 0.5) is 0 Å². The average molecular weight is 379 g/mol. The summed E-state index contributed by atoms with van der Waals surface area (Å²) >= 11 is 0. The highest BCUT2D eigenvalue weighted by Crippen LogP contribution is 2.29. The molecule has 1 aliphatic rings. The van der Waals surface area contributed by atoms with E-state index < -0.39 is 5.54 Å². The van der Waals surface area contributed by atoms with Gasteiger partial charge in [-0.3, -0.25) is 9.48 Å². The minimum Gasteiger partial charge on any atom is -0.494 e. The molecule has 1 aliphatic heterocycles. The Hall–Kier alpha value is -2.05. The van der Waals surface area contributed by atoms with Crippen LogP contribution in [0.1, 0.15) is 38.3 Å². The number of amides is 1. The summed E-state index contributed by atoms with van der Waals surface area (Å²) in [6.45, 7) is 6.20. The molecular formula is C19H27ClN4O2. The van der Waals surface area contributed by atoms with Crippen molar-refractivity contribution in [3.8, 4) is 5.75 Å². The maximum atomic E-state index is 13.2. The number of aromatic nitrogens is 2. The highest BCUT2D eigenvalue weighted by atomic mass is 35.5. The van der Waals surface area contributed by atoms with Gasteiger partial charge in [-0.1, -0.05) is 12.1 Å². The van der Waals surface area contributed by atoms with Crippen LogP contribution in [0.5, 0.6) is 5.75 Å². The van der Waals surface area contributed by atoms with Crippen molar-refractivity contribution in [1.82, 2.24) is 20.4 Å². The van der Waals surface area contributed by atoms with Crippen molar-refractivity contribution >= 4 is 18.3 Å². The zero-order valence-corrected chi connectivity index (χ0v) is 16.1. The topological polar surface area (TPSA) is 68.2 Å². The molecule has 0 bridgehead atoms. The molecule has 2 heterocycles. The molecule has 1 amide bonds. The van der Waals surface area contributed by atoms with Gasteiger partial charge >= 0.3 is 0 Å². The van der Waals surface area contributed by atoms with Gasteiger partial charge in [0.25, 0.3) is 0 Å². The number of hydrogen-bond acceptors (Lipinski definition) is 4. The van der Waals surface area contributed by atoms with E-state index in [1.54, 1.807) is 6.20 Å². The number of nitrogens with zero attached hydrogens (tertiary/aromatic N) is 2. The van der Waals surface area contributed by atoms with Crippen LogP contribution in [0.3, 0.4) is 0 Å². The Morgan fingerprint density at radius 2 is 2.15 bits per heavy atom. The number of hydrogen-bond donors (Lipinski definition) is 2. The van der Waals surface area contributed by atoms with E-state index in [2.05, 4.69) is 15.7 Å². The van der Waals surface area contributed by atoms with Gasteiger partial charge in [0.15, 0.2) is 0 Å². The minimum absolute atomic E-state index is 0. The van der Waals surface area contributed by atoms with Crippen molar-refractivity contribution in [2.24, 2.45) is 0 Å². The molecule has 1 unspecified atom stereocenters. The number of nitrogens with one attached hydrogen (secondary N) is 2. The van der Waals surface area contributed by atoms with Crippen molar-refractivity contribution in [3.63, 3.8) is 0 Å². The highest BCUT2D eigenvalue weighted by molar-refractivity contribution is 5.85. The SMILES string of the molecule is CCOc1cccc(C(C)NC(=O)C2(n3cccn3)CCNCC2)c1.Cl. The predicted octanol–water partition coefficient (Wildman–Crippen LogP) is 2.66. The van der Waals surface area contributed by atoms with Gasteiger partial charge in [-0.25, -0.2) is 0 Å². The Labute approximate surface area is 160 Å². The fraction of sp³-hybridized carbons (Fsp3) is 0.474. The summed E-state index contributed by atoms with van der Waals surface area (Å²) in [5, 5.41) is 10.9. The van der Waals surface area contributed by atoms with E-state index in [9.17, 15) is 4.79 Å². The van der Waals surface area contributed by atoms with Gasteiger partial charge in [-0.15, -0.1) is 12.4 Å². The van der Waals surface area contributed by atoms with Crippen molar-refractivity contribution in [2.75, 3.05) is 19.7 Å². The number of benzene rings is 1. The lowest BCUT2D eigenvalue weighted by Gasteiger charge is -2.37. The fourth-order valence-corrected chi connectivity index (χ4v) is 3.38. The molecule has 1 fully saturated rings. The number of piperidine rings is 1. The third kappa shape index (κ3) is 4.19. The maximum Gasteiger partial charge on any atom is 0.248 e. The summed E-state index contributed by atoms with van der Waals surface area (Å²) in [5.74, 6) is 0.844. The number of carbonyl (C=O) groups excluding carboxylic acids is 1. The number of rotatable bonds is 6. The molecule has 1 saturated heterocycles. The second-order valence-electron chi connectivity index (χ2n) is 6.43. The second kappa shape index (κ2) is 9.05. The molecule has 0 radical (unpaired) electrons. The van der Waals surface area contributed by atoms with Crippen LogP contribution >= 0.6 is 12.4 Å². The van der Waals surface area contributed by atoms with Crippen LogP contribution in [0.25, 0.3) is 0 Å². The average Bonchev–Trinajstić information content (AvgIpc) is 3.18. The second-order valence-corrected chi connectivity index (χ2v) is 6.43. The zero-order chi connectivity index (χ0) is 17.7. The fourth-order valence-electron chi connectivity index (χ4n) is 3.38. The first-order valence-corrected chi connectivity index (χ1v) is 8.90. The molecule has 0 saturated carbocycles. The Bertz CT molecular complexity index is 699. The molecule has 7 heteroatoms. The van der Waals surface area contributed by atoms with Crippen molar-refractivity contribution < 1.29 is 9.53 Å². The summed E-state index contributed by atoms with van der Waals surface area (Å²) in [6.07, 6.45) is 5.07. The van der Waals surface area contributed by atoms with Gasteiger partial charge in [0.2, 0.25) is 5.91 Å². The van der Waals surface area contributed by atoms with Gasteiger partial charge in [0, 0.05) is 12.4 Å². The lowest BCUT2D eigenvalue weighted by Crippen LogP contribution is -2.55. The lowest BCUT2D eigenvalue weighted by atomic mass is 9.87. The molecular weight excluding hydrogens is 352 g/mol. The molecule has 26 heavy (non-hydrogen) atoms. The third-order valence-electron chi connectivity index (χ3n) is 4.81. The standard InChI is InChI=1S/C19H26N4O2.ClH/c1-3-25-17-7-4-6-16(14-17)15(2)22-18(24)19(8-11-20-12-9-19)23-13-5-10-21-23;/h4-7,10,13-15,20H,3,8-9,11-12H2,1-2H3,(H,22,24);1H. The van der Waals surface area contributed by atoms with Crippen molar-refractivity contribution in [1.29, 1.82) is 0 Å². The van der Waals surface area contributed by atoms with Crippen LogP contribution in [0.2, 0.25) is 0 Å². The molecule has 1 aromatic carbocycles. The summed E-state index contributed by atoms with van der Waals surface area (Å²) in [6, 6.07) is 9.64. The van der Waals surface area contributed by atoms with Gasteiger partial charge in [0.1, 0.15) is 11.3 Å². The van der Waals surface area contributed by atoms with Crippen LogP contribution in [-0.2, 0) is 10.3 Å². The molecule has 1 aromatic heterocycles. The zero-order valence-electron chi connectivity index (χ0n) is 15.3. The monoisotopic (exact) mass is 378 g/mol. The normalized spacial score (nSPS) is 17.0. The van der Waals surface area contributed by atoms with Crippen molar-refractivity contribution in [2.45, 2.75) is 38.3 Å². The Morgan fingerprint density at radius 3 is 2.81 bits per heavy atom. The van der Waals surface area contributed by atoms with E-state index in [0.29, 0.717) is 6.61 Å².